The van der Waals surface area contributed by atoms with Crippen LogP contribution >= 0.6 is 0 Å². The molecule has 0 bridgehead atoms. The molecule has 0 spiro atoms. The van der Waals surface area contributed by atoms with Gasteiger partial charge in [0.2, 0.25) is 0 Å². The molecule has 3 aromatic rings. The van der Waals surface area contributed by atoms with E-state index in [1.807, 2.05) is 43.3 Å². The lowest BCUT2D eigenvalue weighted by Gasteiger charge is -2.21. The number of nitrogens with one attached hydrogen (secondary N) is 1. The molecule has 0 aliphatic heterocycles. The third kappa shape index (κ3) is 4.91. The normalized spacial score (nSPS) is 10.4. The first-order chi connectivity index (χ1) is 13.2. The van der Waals surface area contributed by atoms with Crippen LogP contribution in [-0.4, -0.2) is 24.0 Å². The molecule has 0 saturated carbocycles. The molecule has 1 aromatic heterocycles. The Labute approximate surface area is 158 Å². The van der Waals surface area contributed by atoms with Crippen LogP contribution in [0.5, 0.6) is 0 Å². The van der Waals surface area contributed by atoms with Crippen LogP contribution in [0.3, 0.4) is 0 Å². The summed E-state index contributed by atoms with van der Waals surface area (Å²) in [4.78, 5) is 18.8. The van der Waals surface area contributed by atoms with Crippen molar-refractivity contribution in [1.29, 1.82) is 0 Å². The number of nitrogens with zero attached hydrogens (tertiary/aromatic N) is 2. The van der Waals surface area contributed by atoms with Crippen molar-refractivity contribution in [2.24, 2.45) is 0 Å². The van der Waals surface area contributed by atoms with Gasteiger partial charge in [-0.05, 0) is 49.2 Å². The third-order valence-electron chi connectivity index (χ3n) is 4.27. The largest absolute Gasteiger partial charge is 0.383 e. The summed E-state index contributed by atoms with van der Waals surface area (Å²) >= 11 is 0. The van der Waals surface area contributed by atoms with Gasteiger partial charge in [-0.1, -0.05) is 30.3 Å². The molecule has 0 aliphatic rings. The Morgan fingerprint density at radius 3 is 2.52 bits per heavy atom. The molecule has 2 aromatic carbocycles. The minimum atomic E-state index is -0.235. The second kappa shape index (κ2) is 8.94. The standard InChI is InChI=1S/C22H22FN3O/c1-2-26(21-6-4-3-5-7-21)22(27)18-14-20(16-24-15-18)25-13-12-17-8-10-19(23)11-9-17/h3-11,14-16,25H,2,12-13H2,1H3. The number of halogens is 1. The average Bonchev–Trinajstić information content (AvgIpc) is 2.71. The molecular weight excluding hydrogens is 341 g/mol. The van der Waals surface area contributed by atoms with Crippen LogP contribution in [0.15, 0.2) is 73.1 Å². The molecule has 4 nitrogen and oxygen atoms in total. The summed E-state index contributed by atoms with van der Waals surface area (Å²) < 4.78 is 13.0. The number of pyridine rings is 1. The SMILES string of the molecule is CCN(C(=O)c1cncc(NCCc2ccc(F)cc2)c1)c1ccccc1. The lowest BCUT2D eigenvalue weighted by Crippen LogP contribution is -2.30. The monoisotopic (exact) mass is 363 g/mol. The van der Waals surface area contributed by atoms with Crippen LogP contribution in [0.25, 0.3) is 0 Å². The first-order valence-electron chi connectivity index (χ1n) is 8.97. The maximum Gasteiger partial charge on any atom is 0.259 e. The number of hydrogen-bond acceptors (Lipinski definition) is 3. The fraction of sp³-hybridized carbons (Fsp3) is 0.182. The van der Waals surface area contributed by atoms with E-state index in [1.165, 1.54) is 12.1 Å². The molecule has 3 rings (SSSR count). The number of aromatic nitrogens is 1. The first kappa shape index (κ1) is 18.6. The molecule has 0 fully saturated rings. The summed E-state index contributed by atoms with van der Waals surface area (Å²) in [7, 11) is 0. The van der Waals surface area contributed by atoms with E-state index in [9.17, 15) is 9.18 Å². The van der Waals surface area contributed by atoms with Crippen LogP contribution in [-0.2, 0) is 6.42 Å². The number of rotatable bonds is 7. The maximum atomic E-state index is 13.0. The number of para-hydroxylation sites is 1. The van der Waals surface area contributed by atoms with Crippen molar-refractivity contribution in [2.45, 2.75) is 13.3 Å². The zero-order valence-electron chi connectivity index (χ0n) is 15.2. The second-order valence-electron chi connectivity index (χ2n) is 6.15. The molecule has 0 atom stereocenters. The summed E-state index contributed by atoms with van der Waals surface area (Å²) in [6.45, 7) is 3.19. The van der Waals surface area contributed by atoms with Crippen molar-refractivity contribution in [3.63, 3.8) is 0 Å². The van der Waals surface area contributed by atoms with Gasteiger partial charge in [0.15, 0.2) is 0 Å². The van der Waals surface area contributed by atoms with Gasteiger partial charge in [0, 0.05) is 31.2 Å². The molecule has 1 N–H and O–H groups in total. The Balaban J connectivity index is 1.65. The summed E-state index contributed by atoms with van der Waals surface area (Å²) in [6.07, 6.45) is 4.03. The highest BCUT2D eigenvalue weighted by atomic mass is 19.1. The summed E-state index contributed by atoms with van der Waals surface area (Å²) in [6, 6.07) is 17.9. The van der Waals surface area contributed by atoms with E-state index >= 15 is 0 Å². The second-order valence-corrected chi connectivity index (χ2v) is 6.15. The van der Waals surface area contributed by atoms with Gasteiger partial charge in [0.1, 0.15) is 5.82 Å². The number of hydrogen-bond donors (Lipinski definition) is 1. The lowest BCUT2D eigenvalue weighted by atomic mass is 10.1. The van der Waals surface area contributed by atoms with Gasteiger partial charge < -0.3 is 10.2 Å². The Morgan fingerprint density at radius 2 is 1.81 bits per heavy atom. The van der Waals surface area contributed by atoms with Gasteiger partial charge in [-0.2, -0.15) is 0 Å². The number of carbonyl (C=O) groups excluding carboxylic acids is 1. The Bertz CT molecular complexity index is 882. The van der Waals surface area contributed by atoms with Crippen LogP contribution < -0.4 is 10.2 Å². The zero-order valence-corrected chi connectivity index (χ0v) is 15.2. The highest BCUT2D eigenvalue weighted by molar-refractivity contribution is 6.06. The van der Waals surface area contributed by atoms with Gasteiger partial charge in [0.05, 0.1) is 11.3 Å². The molecule has 5 heteroatoms. The Hall–Kier alpha value is -3.21. The number of carbonyl (C=O) groups is 1. The fourth-order valence-electron chi connectivity index (χ4n) is 2.86. The van der Waals surface area contributed by atoms with Crippen molar-refractivity contribution >= 4 is 17.3 Å². The van der Waals surface area contributed by atoms with Gasteiger partial charge in [-0.15, -0.1) is 0 Å². The summed E-state index contributed by atoms with van der Waals surface area (Å²) in [5, 5.41) is 3.27. The predicted molar refractivity (Wildman–Crippen MR) is 107 cm³/mol. The van der Waals surface area contributed by atoms with Crippen molar-refractivity contribution in [3.05, 3.63) is 90.0 Å². The van der Waals surface area contributed by atoms with Gasteiger partial charge in [-0.25, -0.2) is 4.39 Å². The molecule has 138 valence electrons. The summed E-state index contributed by atoms with van der Waals surface area (Å²) in [5.74, 6) is -0.320. The van der Waals surface area contributed by atoms with E-state index in [4.69, 9.17) is 0 Å². The van der Waals surface area contributed by atoms with Gasteiger partial charge >= 0.3 is 0 Å². The van der Waals surface area contributed by atoms with E-state index in [2.05, 4.69) is 10.3 Å². The molecule has 1 heterocycles. The molecule has 1 amide bonds. The number of anilines is 2. The molecule has 0 radical (unpaired) electrons. The molecule has 0 aliphatic carbocycles. The molecule has 0 saturated heterocycles. The topological polar surface area (TPSA) is 45.2 Å². The van der Waals surface area contributed by atoms with Crippen molar-refractivity contribution < 1.29 is 9.18 Å². The zero-order chi connectivity index (χ0) is 19.1. The van der Waals surface area contributed by atoms with Crippen LogP contribution in [0.2, 0.25) is 0 Å². The van der Waals surface area contributed by atoms with Crippen LogP contribution in [0.4, 0.5) is 15.8 Å². The third-order valence-corrected chi connectivity index (χ3v) is 4.27. The van der Waals surface area contributed by atoms with E-state index in [1.54, 1.807) is 29.4 Å². The Morgan fingerprint density at radius 1 is 1.07 bits per heavy atom. The maximum absolute atomic E-state index is 13.0. The highest BCUT2D eigenvalue weighted by Gasteiger charge is 2.16. The lowest BCUT2D eigenvalue weighted by molar-refractivity contribution is 0.0988. The van der Waals surface area contributed by atoms with Crippen LogP contribution in [0.1, 0.15) is 22.8 Å². The predicted octanol–water partition coefficient (Wildman–Crippen LogP) is 4.54. The van der Waals surface area contributed by atoms with Gasteiger partial charge in [0.25, 0.3) is 5.91 Å². The Kier molecular flexibility index (Phi) is 6.15. The fourth-order valence-corrected chi connectivity index (χ4v) is 2.86. The first-order valence-corrected chi connectivity index (χ1v) is 8.97. The van der Waals surface area contributed by atoms with Crippen molar-refractivity contribution in [1.82, 2.24) is 4.98 Å². The summed E-state index contributed by atoms with van der Waals surface area (Å²) in [5.41, 5.74) is 3.23. The van der Waals surface area contributed by atoms with Crippen LogP contribution in [0, 0.1) is 5.82 Å². The number of amides is 1. The minimum Gasteiger partial charge on any atom is -0.383 e. The van der Waals surface area contributed by atoms with E-state index in [0.29, 0.717) is 18.7 Å². The smallest absolute Gasteiger partial charge is 0.259 e. The molecular formula is C22H22FN3O. The quantitative estimate of drug-likeness (QED) is 0.670. The van der Waals surface area contributed by atoms with E-state index in [0.717, 1.165) is 23.4 Å². The minimum absolute atomic E-state index is 0.0848. The molecule has 27 heavy (non-hydrogen) atoms. The van der Waals surface area contributed by atoms with Crippen molar-refractivity contribution in [3.8, 4) is 0 Å². The molecule has 0 unspecified atom stereocenters. The number of benzene rings is 2. The van der Waals surface area contributed by atoms with E-state index in [-0.39, 0.29) is 11.7 Å². The van der Waals surface area contributed by atoms with E-state index < -0.39 is 0 Å². The highest BCUT2D eigenvalue weighted by Crippen LogP contribution is 2.18. The van der Waals surface area contributed by atoms with Crippen molar-refractivity contribution in [2.75, 3.05) is 23.3 Å². The average molecular weight is 363 g/mol. The van der Waals surface area contributed by atoms with Gasteiger partial charge in [-0.3, -0.25) is 9.78 Å².